The van der Waals surface area contributed by atoms with Gasteiger partial charge in [-0.25, -0.2) is 8.42 Å². The lowest BCUT2D eigenvalue weighted by atomic mass is 9.95. The summed E-state index contributed by atoms with van der Waals surface area (Å²) in [4.78, 5) is 26.1. The first-order valence-electron chi connectivity index (χ1n) is 9.44. The second-order valence-corrected chi connectivity index (χ2v) is 9.38. The van der Waals surface area contributed by atoms with E-state index in [9.17, 15) is 18.0 Å². The van der Waals surface area contributed by atoms with Gasteiger partial charge in [0.25, 0.3) is 0 Å². The van der Waals surface area contributed by atoms with Gasteiger partial charge >= 0.3 is 0 Å². The molecule has 7 nitrogen and oxygen atoms in total. The number of halogens is 1. The highest BCUT2D eigenvalue weighted by Crippen LogP contribution is 2.26. The third-order valence-corrected chi connectivity index (χ3v) is 7.38. The van der Waals surface area contributed by atoms with Crippen LogP contribution in [0, 0.1) is 5.92 Å². The second-order valence-electron chi connectivity index (χ2n) is 7.45. The number of carbonyl (C=O) groups excluding carboxylic acids is 2. The summed E-state index contributed by atoms with van der Waals surface area (Å²) in [6, 6.07) is 6.05. The molecule has 0 saturated carbocycles. The first kappa shape index (κ1) is 22.8. The zero-order valence-corrected chi connectivity index (χ0v) is 17.7. The lowest BCUT2D eigenvalue weighted by Gasteiger charge is -2.36. The molecule has 2 aliphatic heterocycles. The number of amides is 1. The first-order chi connectivity index (χ1) is 12.8. The molecule has 0 radical (unpaired) electrons. The molecular weight excluding hydrogens is 402 g/mol. The molecule has 3 rings (SSSR count). The van der Waals surface area contributed by atoms with E-state index in [0.29, 0.717) is 38.0 Å². The Bertz CT molecular complexity index is 805. The van der Waals surface area contributed by atoms with E-state index in [0.717, 1.165) is 19.4 Å². The maximum Gasteiger partial charge on any atom is 0.243 e. The van der Waals surface area contributed by atoms with Crippen LogP contribution < -0.4 is 5.73 Å². The molecule has 2 heterocycles. The number of benzene rings is 1. The van der Waals surface area contributed by atoms with E-state index in [1.165, 1.54) is 35.5 Å². The molecule has 0 spiro atoms. The summed E-state index contributed by atoms with van der Waals surface area (Å²) in [5.41, 5.74) is 6.45. The minimum absolute atomic E-state index is 0. The monoisotopic (exact) mass is 429 g/mol. The smallest absolute Gasteiger partial charge is 0.243 e. The topological polar surface area (TPSA) is 101 Å². The predicted octanol–water partition coefficient (Wildman–Crippen LogP) is 1.66. The lowest BCUT2D eigenvalue weighted by molar-refractivity contribution is -0.137. The molecule has 28 heavy (non-hydrogen) atoms. The summed E-state index contributed by atoms with van der Waals surface area (Å²) in [5, 5.41) is 0. The fraction of sp³-hybridized carbons (Fsp3) is 0.579. The van der Waals surface area contributed by atoms with Crippen molar-refractivity contribution in [3.8, 4) is 0 Å². The minimum Gasteiger partial charge on any atom is -0.341 e. The average Bonchev–Trinajstić information content (AvgIpc) is 2.67. The number of sulfonamides is 1. The first-order valence-corrected chi connectivity index (χ1v) is 10.9. The third-order valence-electron chi connectivity index (χ3n) is 5.47. The van der Waals surface area contributed by atoms with Crippen LogP contribution in [0.25, 0.3) is 0 Å². The van der Waals surface area contributed by atoms with Crippen LogP contribution in [-0.2, 0) is 14.8 Å². The molecule has 0 aromatic heterocycles. The van der Waals surface area contributed by atoms with Crippen molar-refractivity contribution in [3.05, 3.63) is 29.8 Å². The fourth-order valence-corrected chi connectivity index (χ4v) is 5.29. The van der Waals surface area contributed by atoms with Gasteiger partial charge in [-0.2, -0.15) is 4.31 Å². The van der Waals surface area contributed by atoms with Gasteiger partial charge in [-0.3, -0.25) is 9.59 Å². The Balaban J connectivity index is 0.00000280. The van der Waals surface area contributed by atoms with Crippen molar-refractivity contribution in [1.82, 2.24) is 9.21 Å². The summed E-state index contributed by atoms with van der Waals surface area (Å²) in [5.74, 6) is -0.134. The summed E-state index contributed by atoms with van der Waals surface area (Å²) >= 11 is 0. The van der Waals surface area contributed by atoms with Gasteiger partial charge in [-0.15, -0.1) is 12.4 Å². The molecule has 156 valence electrons. The molecule has 2 N–H and O–H groups in total. The van der Waals surface area contributed by atoms with E-state index < -0.39 is 10.0 Å². The van der Waals surface area contributed by atoms with Crippen molar-refractivity contribution in [2.45, 2.75) is 43.5 Å². The van der Waals surface area contributed by atoms with Crippen LogP contribution in [0.15, 0.2) is 29.2 Å². The van der Waals surface area contributed by atoms with Crippen molar-refractivity contribution in [2.75, 3.05) is 26.2 Å². The quantitative estimate of drug-likeness (QED) is 0.733. The van der Waals surface area contributed by atoms with Gasteiger partial charge in [0.2, 0.25) is 15.9 Å². The molecule has 1 atom stereocenters. The van der Waals surface area contributed by atoms with Gasteiger partial charge in [0.1, 0.15) is 0 Å². The van der Waals surface area contributed by atoms with Crippen LogP contribution in [0.4, 0.5) is 0 Å². The summed E-state index contributed by atoms with van der Waals surface area (Å²) in [7, 11) is -3.61. The highest BCUT2D eigenvalue weighted by atomic mass is 35.5. The molecule has 2 saturated heterocycles. The zero-order chi connectivity index (χ0) is 19.6. The molecule has 1 aromatic carbocycles. The average molecular weight is 430 g/mol. The molecule has 2 fully saturated rings. The molecule has 2 aliphatic rings. The Morgan fingerprint density at radius 2 is 1.64 bits per heavy atom. The maximum absolute atomic E-state index is 12.8. The molecule has 0 bridgehead atoms. The summed E-state index contributed by atoms with van der Waals surface area (Å²) < 4.78 is 27.1. The van der Waals surface area contributed by atoms with Gasteiger partial charge in [0, 0.05) is 43.7 Å². The SMILES string of the molecule is CC(=O)c1ccc(S(=O)(=O)N2CCC(C(=O)N3CCCC(N)C3)CC2)cc1.Cl. The number of piperidine rings is 2. The van der Waals surface area contributed by atoms with Gasteiger partial charge in [-0.1, -0.05) is 12.1 Å². The number of hydrogen-bond acceptors (Lipinski definition) is 5. The fourth-order valence-electron chi connectivity index (χ4n) is 3.82. The van der Waals surface area contributed by atoms with Gasteiger partial charge in [-0.05, 0) is 44.7 Å². The van der Waals surface area contributed by atoms with Crippen molar-refractivity contribution >= 4 is 34.1 Å². The number of rotatable bonds is 4. The highest BCUT2D eigenvalue weighted by molar-refractivity contribution is 7.89. The van der Waals surface area contributed by atoms with Crippen molar-refractivity contribution in [1.29, 1.82) is 0 Å². The van der Waals surface area contributed by atoms with Gasteiger partial charge in [0.05, 0.1) is 4.90 Å². The zero-order valence-electron chi connectivity index (χ0n) is 16.0. The van der Waals surface area contributed by atoms with E-state index >= 15 is 0 Å². The molecule has 1 aromatic rings. The number of hydrogen-bond donors (Lipinski definition) is 1. The van der Waals surface area contributed by atoms with E-state index in [-0.39, 0.29) is 41.0 Å². The van der Waals surface area contributed by atoms with Gasteiger partial charge in [0.15, 0.2) is 5.78 Å². The van der Waals surface area contributed by atoms with Crippen LogP contribution in [-0.4, -0.2) is 61.5 Å². The van der Waals surface area contributed by atoms with E-state index in [2.05, 4.69) is 0 Å². The van der Waals surface area contributed by atoms with Crippen LogP contribution in [0.5, 0.6) is 0 Å². The standard InChI is InChI=1S/C19H27N3O4S.ClH/c1-14(23)15-4-6-18(7-5-15)27(25,26)22-11-8-16(9-12-22)19(24)21-10-2-3-17(20)13-21;/h4-7,16-17H,2-3,8-13,20H2,1H3;1H. The Hall–Kier alpha value is -1.48. The van der Waals surface area contributed by atoms with Crippen molar-refractivity contribution in [2.24, 2.45) is 11.7 Å². The molecule has 1 amide bonds. The van der Waals surface area contributed by atoms with E-state index in [4.69, 9.17) is 5.73 Å². The summed E-state index contributed by atoms with van der Waals surface area (Å²) in [6.07, 6.45) is 2.92. The van der Waals surface area contributed by atoms with Crippen LogP contribution in [0.3, 0.4) is 0 Å². The minimum atomic E-state index is -3.61. The maximum atomic E-state index is 12.8. The van der Waals surface area contributed by atoms with Crippen LogP contribution in [0.2, 0.25) is 0 Å². The molecule has 0 aliphatic carbocycles. The molecule has 9 heteroatoms. The Morgan fingerprint density at radius 1 is 1.04 bits per heavy atom. The predicted molar refractivity (Wildman–Crippen MR) is 109 cm³/mol. The van der Waals surface area contributed by atoms with Crippen molar-refractivity contribution in [3.63, 3.8) is 0 Å². The third kappa shape index (κ3) is 4.92. The second kappa shape index (κ2) is 9.35. The summed E-state index contributed by atoms with van der Waals surface area (Å²) in [6.45, 7) is 3.44. The van der Waals surface area contributed by atoms with E-state index in [1.54, 1.807) is 0 Å². The number of nitrogens with two attached hydrogens (primary N) is 1. The Labute approximate surface area is 172 Å². The lowest BCUT2D eigenvalue weighted by Crippen LogP contribution is -2.50. The number of nitrogens with zero attached hydrogens (tertiary/aromatic N) is 2. The molecule has 1 unspecified atom stereocenters. The number of Topliss-reactive ketones (excluding diaryl/α,β-unsaturated/α-hetero) is 1. The highest BCUT2D eigenvalue weighted by Gasteiger charge is 2.34. The van der Waals surface area contributed by atoms with Crippen LogP contribution in [0.1, 0.15) is 43.0 Å². The molecular formula is C19H28ClN3O4S. The van der Waals surface area contributed by atoms with E-state index in [1.807, 2.05) is 4.90 Å². The number of ketones is 1. The number of carbonyl (C=O) groups is 2. The van der Waals surface area contributed by atoms with Crippen molar-refractivity contribution < 1.29 is 18.0 Å². The van der Waals surface area contributed by atoms with Gasteiger partial charge < -0.3 is 10.6 Å². The van der Waals surface area contributed by atoms with Crippen LogP contribution >= 0.6 is 12.4 Å². The Kier molecular flexibility index (Phi) is 7.61. The largest absolute Gasteiger partial charge is 0.341 e. The number of likely N-dealkylation sites (tertiary alicyclic amines) is 1. The Morgan fingerprint density at radius 3 is 2.18 bits per heavy atom. The normalized spacial score (nSPS) is 21.8.